The van der Waals surface area contributed by atoms with Crippen LogP contribution in [-0.4, -0.2) is 15.7 Å². The number of nitrogens with zero attached hydrogens (tertiary/aromatic N) is 2. The molecule has 0 saturated heterocycles. The second-order valence-electron chi connectivity index (χ2n) is 3.70. The van der Waals surface area contributed by atoms with E-state index in [2.05, 4.69) is 10.4 Å². The Bertz CT molecular complexity index is 672. The van der Waals surface area contributed by atoms with Crippen molar-refractivity contribution in [2.45, 2.75) is 6.54 Å². The number of carbonyl (C=O) groups excluding carboxylic acids is 1. The van der Waals surface area contributed by atoms with Crippen LogP contribution in [0.2, 0.25) is 0 Å². The minimum absolute atomic E-state index is 0.0751. The number of carbonyl (C=O) groups is 1. The molecule has 7 heteroatoms. The van der Waals surface area contributed by atoms with E-state index in [4.69, 9.17) is 0 Å². The van der Waals surface area contributed by atoms with Gasteiger partial charge in [-0.2, -0.15) is 5.10 Å². The lowest BCUT2D eigenvalue weighted by atomic mass is 10.3. The van der Waals surface area contributed by atoms with Gasteiger partial charge in [-0.1, -0.05) is 12.1 Å². The maximum absolute atomic E-state index is 13.3. The summed E-state index contributed by atoms with van der Waals surface area (Å²) in [4.78, 5) is 23.2. The van der Waals surface area contributed by atoms with Gasteiger partial charge in [0, 0.05) is 9.64 Å². The highest BCUT2D eigenvalue weighted by molar-refractivity contribution is 14.1. The molecule has 1 aromatic heterocycles. The number of nitrogens with one attached hydrogen (secondary N) is 1. The smallest absolute Gasteiger partial charge is 0.268 e. The van der Waals surface area contributed by atoms with Crippen LogP contribution in [0, 0.1) is 9.39 Å². The monoisotopic (exact) mass is 373 g/mol. The molecule has 19 heavy (non-hydrogen) atoms. The molecule has 0 fully saturated rings. The van der Waals surface area contributed by atoms with Crippen LogP contribution in [0.1, 0.15) is 0 Å². The topological polar surface area (TPSA) is 64.0 Å². The van der Waals surface area contributed by atoms with Crippen LogP contribution in [0.5, 0.6) is 0 Å². The molecular formula is C12H9FIN3O2. The predicted molar refractivity (Wildman–Crippen MR) is 76.2 cm³/mol. The van der Waals surface area contributed by atoms with Crippen LogP contribution in [0.15, 0.2) is 41.3 Å². The molecule has 0 spiro atoms. The van der Waals surface area contributed by atoms with E-state index >= 15 is 0 Å². The van der Waals surface area contributed by atoms with E-state index in [1.165, 1.54) is 30.5 Å². The Morgan fingerprint density at radius 1 is 1.42 bits per heavy atom. The summed E-state index contributed by atoms with van der Waals surface area (Å²) >= 11 is 1.95. The molecule has 2 rings (SSSR count). The molecule has 0 atom stereocenters. The third kappa shape index (κ3) is 3.60. The van der Waals surface area contributed by atoms with Crippen LogP contribution in [0.4, 0.5) is 10.1 Å². The highest BCUT2D eigenvalue weighted by atomic mass is 127. The number of hydrogen-bond donors (Lipinski definition) is 1. The van der Waals surface area contributed by atoms with E-state index in [-0.39, 0.29) is 17.8 Å². The van der Waals surface area contributed by atoms with Gasteiger partial charge in [-0.15, -0.1) is 0 Å². The Morgan fingerprint density at radius 2 is 2.16 bits per heavy atom. The van der Waals surface area contributed by atoms with Crippen molar-refractivity contribution in [3.8, 4) is 0 Å². The van der Waals surface area contributed by atoms with Crippen molar-refractivity contribution in [2.75, 3.05) is 5.32 Å². The van der Waals surface area contributed by atoms with Crippen LogP contribution < -0.4 is 10.9 Å². The summed E-state index contributed by atoms with van der Waals surface area (Å²) in [7, 11) is 0. The summed E-state index contributed by atoms with van der Waals surface area (Å²) in [5, 5.41) is 6.21. The highest BCUT2D eigenvalue weighted by Gasteiger charge is 2.08. The zero-order valence-corrected chi connectivity index (χ0v) is 11.8. The van der Waals surface area contributed by atoms with Gasteiger partial charge < -0.3 is 5.32 Å². The SMILES string of the molecule is O=C(Cn1ncc(I)cc1=O)Nc1ccccc1F. The third-order valence-electron chi connectivity index (χ3n) is 2.28. The van der Waals surface area contributed by atoms with Gasteiger partial charge in [-0.05, 0) is 34.7 Å². The van der Waals surface area contributed by atoms with Crippen LogP contribution in [-0.2, 0) is 11.3 Å². The molecule has 1 aromatic carbocycles. The van der Waals surface area contributed by atoms with Gasteiger partial charge in [0.25, 0.3) is 5.56 Å². The second kappa shape index (κ2) is 5.91. The summed E-state index contributed by atoms with van der Waals surface area (Å²) in [5.41, 5.74) is -0.304. The van der Waals surface area contributed by atoms with Crippen molar-refractivity contribution in [1.29, 1.82) is 0 Å². The maximum Gasteiger partial charge on any atom is 0.268 e. The summed E-state index contributed by atoms with van der Waals surface area (Å²) in [6.45, 7) is -0.260. The van der Waals surface area contributed by atoms with E-state index < -0.39 is 11.7 Å². The first kappa shape index (κ1) is 13.7. The largest absolute Gasteiger partial charge is 0.322 e. The zero-order chi connectivity index (χ0) is 13.8. The number of benzene rings is 1. The number of para-hydroxylation sites is 1. The standard InChI is InChI=1S/C12H9FIN3O2/c13-9-3-1-2-4-10(9)16-11(18)7-17-12(19)5-8(14)6-15-17/h1-6H,7H2,(H,16,18). The molecule has 0 saturated carbocycles. The Labute approximate surface area is 121 Å². The van der Waals surface area contributed by atoms with Gasteiger partial charge in [-0.25, -0.2) is 9.07 Å². The average Bonchev–Trinajstić information content (AvgIpc) is 2.36. The summed E-state index contributed by atoms with van der Waals surface area (Å²) < 4.78 is 15.0. The first-order valence-electron chi connectivity index (χ1n) is 5.33. The number of amides is 1. The molecule has 2 aromatic rings. The van der Waals surface area contributed by atoms with Crippen molar-refractivity contribution in [1.82, 2.24) is 9.78 Å². The fourth-order valence-electron chi connectivity index (χ4n) is 1.42. The lowest BCUT2D eigenvalue weighted by molar-refractivity contribution is -0.117. The van der Waals surface area contributed by atoms with Crippen LogP contribution >= 0.6 is 22.6 Å². The van der Waals surface area contributed by atoms with E-state index in [1.807, 2.05) is 22.6 Å². The van der Waals surface area contributed by atoms with Crippen LogP contribution in [0.3, 0.4) is 0 Å². The molecular weight excluding hydrogens is 364 g/mol. The lowest BCUT2D eigenvalue weighted by Crippen LogP contribution is -2.29. The molecule has 0 bridgehead atoms. The van der Waals surface area contributed by atoms with Crippen molar-refractivity contribution < 1.29 is 9.18 Å². The number of rotatable bonds is 3. The molecule has 1 N–H and O–H groups in total. The normalized spacial score (nSPS) is 10.2. The van der Waals surface area contributed by atoms with E-state index in [1.54, 1.807) is 6.07 Å². The molecule has 98 valence electrons. The molecule has 0 aliphatic heterocycles. The zero-order valence-electron chi connectivity index (χ0n) is 9.64. The predicted octanol–water partition coefficient (Wildman–Crippen LogP) is 1.63. The number of aromatic nitrogens is 2. The maximum atomic E-state index is 13.3. The van der Waals surface area contributed by atoms with Gasteiger partial charge in [0.2, 0.25) is 5.91 Å². The summed E-state index contributed by atoms with van der Waals surface area (Å²) in [6.07, 6.45) is 1.47. The molecule has 1 heterocycles. The fraction of sp³-hybridized carbons (Fsp3) is 0.0833. The molecule has 1 amide bonds. The van der Waals surface area contributed by atoms with Gasteiger partial charge in [-0.3, -0.25) is 9.59 Å². The van der Waals surface area contributed by atoms with Gasteiger partial charge >= 0.3 is 0 Å². The molecule has 5 nitrogen and oxygen atoms in total. The third-order valence-corrected chi connectivity index (χ3v) is 2.87. The van der Waals surface area contributed by atoms with Gasteiger partial charge in [0.05, 0.1) is 11.9 Å². The Kier molecular flexibility index (Phi) is 4.25. The number of hydrogen-bond acceptors (Lipinski definition) is 3. The van der Waals surface area contributed by atoms with Crippen molar-refractivity contribution in [3.05, 3.63) is 56.3 Å². The quantitative estimate of drug-likeness (QED) is 0.832. The van der Waals surface area contributed by atoms with E-state index in [9.17, 15) is 14.0 Å². The van der Waals surface area contributed by atoms with Crippen molar-refractivity contribution >= 4 is 34.2 Å². The molecule has 0 radical (unpaired) electrons. The Morgan fingerprint density at radius 3 is 2.84 bits per heavy atom. The Balaban J connectivity index is 2.10. The van der Waals surface area contributed by atoms with Gasteiger partial charge in [0.1, 0.15) is 12.4 Å². The number of halogens is 2. The second-order valence-corrected chi connectivity index (χ2v) is 4.94. The van der Waals surface area contributed by atoms with Crippen molar-refractivity contribution in [2.24, 2.45) is 0 Å². The minimum Gasteiger partial charge on any atom is -0.322 e. The fourth-order valence-corrected chi connectivity index (χ4v) is 1.81. The van der Waals surface area contributed by atoms with Crippen molar-refractivity contribution in [3.63, 3.8) is 0 Å². The first-order valence-corrected chi connectivity index (χ1v) is 6.41. The summed E-state index contributed by atoms with van der Waals surface area (Å²) in [6, 6.07) is 7.18. The minimum atomic E-state index is -0.529. The lowest BCUT2D eigenvalue weighted by Gasteiger charge is -2.07. The molecule has 0 aliphatic carbocycles. The summed E-state index contributed by atoms with van der Waals surface area (Å²) in [5.74, 6) is -1.04. The Hall–Kier alpha value is -1.77. The highest BCUT2D eigenvalue weighted by Crippen LogP contribution is 2.11. The molecule has 0 unspecified atom stereocenters. The van der Waals surface area contributed by atoms with Gasteiger partial charge in [0.15, 0.2) is 0 Å². The van der Waals surface area contributed by atoms with E-state index in [0.717, 1.165) is 4.68 Å². The average molecular weight is 373 g/mol. The first-order chi connectivity index (χ1) is 9.06. The number of anilines is 1. The van der Waals surface area contributed by atoms with Crippen LogP contribution in [0.25, 0.3) is 0 Å². The molecule has 0 aliphatic rings. The van der Waals surface area contributed by atoms with E-state index in [0.29, 0.717) is 3.57 Å².